The van der Waals surface area contributed by atoms with Crippen molar-refractivity contribution in [3.63, 3.8) is 0 Å². The van der Waals surface area contributed by atoms with Crippen molar-refractivity contribution < 1.29 is 19.1 Å². The van der Waals surface area contributed by atoms with Crippen LogP contribution in [0.1, 0.15) is 38.2 Å². The molecule has 3 unspecified atom stereocenters. The molecule has 2 N–H and O–H groups in total. The van der Waals surface area contributed by atoms with Gasteiger partial charge in [-0.25, -0.2) is 9.18 Å². The summed E-state index contributed by atoms with van der Waals surface area (Å²) in [6.45, 7) is 1.45. The van der Waals surface area contributed by atoms with Gasteiger partial charge >= 0.3 is 5.97 Å². The first-order valence-electron chi connectivity index (χ1n) is 7.75. The van der Waals surface area contributed by atoms with Gasteiger partial charge in [-0.1, -0.05) is 25.0 Å². The van der Waals surface area contributed by atoms with E-state index in [1.807, 2.05) is 0 Å². The maximum atomic E-state index is 13.0. The number of carbonyl (C=O) groups excluding carboxylic acids is 1. The van der Waals surface area contributed by atoms with Gasteiger partial charge in [0.25, 0.3) is 0 Å². The molecule has 2 aliphatic carbocycles. The van der Waals surface area contributed by atoms with Crippen LogP contribution >= 0.6 is 0 Å². The van der Waals surface area contributed by atoms with Crippen molar-refractivity contribution in [3.8, 4) is 0 Å². The molecule has 0 aliphatic heterocycles. The van der Waals surface area contributed by atoms with Gasteiger partial charge < -0.3 is 10.4 Å². The van der Waals surface area contributed by atoms with Crippen molar-refractivity contribution in [3.05, 3.63) is 35.6 Å². The van der Waals surface area contributed by atoms with E-state index in [1.54, 1.807) is 0 Å². The highest BCUT2D eigenvalue weighted by Crippen LogP contribution is 2.55. The Hall–Kier alpha value is -1.91. The number of fused-ring (bicyclic) bond motifs is 1. The van der Waals surface area contributed by atoms with Crippen LogP contribution < -0.4 is 5.32 Å². The molecule has 0 heterocycles. The molecule has 2 fully saturated rings. The second-order valence-corrected chi connectivity index (χ2v) is 6.56. The minimum absolute atomic E-state index is 0.0541. The highest BCUT2D eigenvalue weighted by Gasteiger charge is 2.56. The van der Waals surface area contributed by atoms with Gasteiger partial charge in [0, 0.05) is 5.92 Å². The monoisotopic (exact) mass is 305 g/mol. The first kappa shape index (κ1) is 15.0. The maximum absolute atomic E-state index is 13.0. The van der Waals surface area contributed by atoms with Crippen LogP contribution in [0.25, 0.3) is 0 Å². The molecule has 0 radical (unpaired) electrons. The lowest BCUT2D eigenvalue weighted by molar-refractivity contribution is -0.147. The number of hydrogen-bond donors (Lipinski definition) is 2. The van der Waals surface area contributed by atoms with Gasteiger partial charge in [0.05, 0.1) is 0 Å². The molecular weight excluding hydrogens is 285 g/mol. The fourth-order valence-corrected chi connectivity index (χ4v) is 3.74. The zero-order valence-corrected chi connectivity index (χ0v) is 12.5. The molecule has 0 aromatic heterocycles. The predicted octanol–water partition coefficient (Wildman–Crippen LogP) is 2.68. The maximum Gasteiger partial charge on any atom is 0.333 e. The highest BCUT2D eigenvalue weighted by molar-refractivity contribution is 5.90. The third kappa shape index (κ3) is 2.49. The summed E-state index contributed by atoms with van der Waals surface area (Å²) in [5, 5.41) is 12.2. The van der Waals surface area contributed by atoms with E-state index >= 15 is 0 Å². The van der Waals surface area contributed by atoms with E-state index in [1.165, 1.54) is 31.2 Å². The third-order valence-electron chi connectivity index (χ3n) is 5.18. The first-order valence-corrected chi connectivity index (χ1v) is 7.75. The van der Waals surface area contributed by atoms with Crippen molar-refractivity contribution in [1.82, 2.24) is 5.32 Å². The van der Waals surface area contributed by atoms with Crippen LogP contribution in [-0.4, -0.2) is 17.0 Å². The van der Waals surface area contributed by atoms with E-state index < -0.39 is 17.3 Å². The number of rotatable bonds is 4. The van der Waals surface area contributed by atoms with Gasteiger partial charge in [-0.05, 0) is 49.3 Å². The molecule has 118 valence electrons. The smallest absolute Gasteiger partial charge is 0.333 e. The van der Waals surface area contributed by atoms with Gasteiger partial charge in [0.1, 0.15) is 5.82 Å². The summed E-state index contributed by atoms with van der Waals surface area (Å²) >= 11 is 0. The Morgan fingerprint density at radius 2 is 1.73 bits per heavy atom. The van der Waals surface area contributed by atoms with Gasteiger partial charge in [0.15, 0.2) is 5.54 Å². The lowest BCUT2D eigenvalue weighted by atomic mass is 9.91. The molecule has 3 rings (SSSR count). The van der Waals surface area contributed by atoms with E-state index in [4.69, 9.17) is 0 Å². The molecule has 2 saturated carbocycles. The topological polar surface area (TPSA) is 66.4 Å². The van der Waals surface area contributed by atoms with E-state index in [0.717, 1.165) is 25.7 Å². The van der Waals surface area contributed by atoms with Crippen LogP contribution in [0.15, 0.2) is 24.3 Å². The van der Waals surface area contributed by atoms with Crippen LogP contribution in [0.5, 0.6) is 0 Å². The largest absolute Gasteiger partial charge is 0.479 e. The quantitative estimate of drug-likeness (QED) is 0.899. The average molecular weight is 305 g/mol. The average Bonchev–Trinajstić information content (AvgIpc) is 3.22. The molecule has 1 aromatic rings. The Bertz CT molecular complexity index is 588. The molecule has 0 spiro atoms. The minimum Gasteiger partial charge on any atom is -0.479 e. The molecule has 0 saturated heterocycles. The lowest BCUT2D eigenvalue weighted by Gasteiger charge is -2.27. The van der Waals surface area contributed by atoms with Gasteiger partial charge in [-0.3, -0.25) is 4.79 Å². The van der Waals surface area contributed by atoms with Crippen molar-refractivity contribution in [2.75, 3.05) is 0 Å². The summed E-state index contributed by atoms with van der Waals surface area (Å²) in [5.74, 6) is -0.986. The third-order valence-corrected chi connectivity index (χ3v) is 5.18. The predicted molar refractivity (Wildman–Crippen MR) is 78.5 cm³/mol. The number of nitrogens with one attached hydrogen (secondary N) is 1. The van der Waals surface area contributed by atoms with E-state index in [0.29, 0.717) is 17.4 Å². The zero-order chi connectivity index (χ0) is 15.9. The Morgan fingerprint density at radius 1 is 1.18 bits per heavy atom. The fraction of sp³-hybridized carbons (Fsp3) is 0.529. The summed E-state index contributed by atoms with van der Waals surface area (Å²) < 4.78 is 13.0. The van der Waals surface area contributed by atoms with Crippen molar-refractivity contribution in [2.24, 2.45) is 17.8 Å². The number of hydrogen-bond acceptors (Lipinski definition) is 2. The fourth-order valence-electron chi connectivity index (χ4n) is 3.74. The van der Waals surface area contributed by atoms with Crippen LogP contribution in [0.3, 0.4) is 0 Å². The van der Waals surface area contributed by atoms with Crippen LogP contribution in [0.2, 0.25) is 0 Å². The van der Waals surface area contributed by atoms with Crippen LogP contribution in [-0.2, 0) is 15.1 Å². The summed E-state index contributed by atoms with van der Waals surface area (Å²) in [4.78, 5) is 24.2. The summed E-state index contributed by atoms with van der Waals surface area (Å²) in [6, 6.07) is 5.23. The number of carboxylic acids is 1. The normalized spacial score (nSPS) is 29.1. The van der Waals surface area contributed by atoms with Gasteiger partial charge in [-0.2, -0.15) is 0 Å². The summed E-state index contributed by atoms with van der Waals surface area (Å²) in [6.07, 6.45) is 4.42. The molecule has 5 heteroatoms. The van der Waals surface area contributed by atoms with Crippen molar-refractivity contribution in [1.29, 1.82) is 0 Å². The molecule has 22 heavy (non-hydrogen) atoms. The SMILES string of the molecule is CC(NC(=O)C1C2CCCCC21)(C(=O)O)c1ccc(F)cc1. The number of halogens is 1. The second-order valence-electron chi connectivity index (χ2n) is 6.56. The van der Waals surface area contributed by atoms with Gasteiger partial charge in [0.2, 0.25) is 5.91 Å². The van der Waals surface area contributed by atoms with Gasteiger partial charge in [-0.15, -0.1) is 0 Å². The van der Waals surface area contributed by atoms with Crippen molar-refractivity contribution in [2.45, 2.75) is 38.1 Å². The number of benzene rings is 1. The molecule has 0 bridgehead atoms. The summed E-state index contributed by atoms with van der Waals surface area (Å²) in [5.41, 5.74) is -1.16. The lowest BCUT2D eigenvalue weighted by Crippen LogP contribution is -2.50. The number of carboxylic acid groups (broad SMARTS) is 1. The Kier molecular flexibility index (Phi) is 3.67. The summed E-state index contributed by atoms with van der Waals surface area (Å²) in [7, 11) is 0. The molecule has 4 nitrogen and oxygen atoms in total. The molecular formula is C17H20FNO3. The zero-order valence-electron chi connectivity index (χ0n) is 12.5. The first-order chi connectivity index (χ1) is 10.4. The Morgan fingerprint density at radius 3 is 2.23 bits per heavy atom. The number of aliphatic carboxylic acids is 1. The Balaban J connectivity index is 1.78. The molecule has 2 aliphatic rings. The minimum atomic E-state index is -1.53. The Labute approximate surface area is 128 Å². The van der Waals surface area contributed by atoms with Crippen LogP contribution in [0, 0.1) is 23.6 Å². The second kappa shape index (κ2) is 5.38. The molecule has 1 amide bonds. The van der Waals surface area contributed by atoms with E-state index in [2.05, 4.69) is 5.32 Å². The molecule has 3 atom stereocenters. The number of amides is 1. The standard InChI is InChI=1S/C17H20FNO3/c1-17(16(21)22,10-6-8-11(18)9-7-10)19-15(20)14-12-4-2-3-5-13(12)14/h6-9,12-14H,2-5H2,1H3,(H,19,20)(H,21,22). The van der Waals surface area contributed by atoms with E-state index in [-0.39, 0.29) is 11.8 Å². The van der Waals surface area contributed by atoms with Crippen LogP contribution in [0.4, 0.5) is 4.39 Å². The highest BCUT2D eigenvalue weighted by atomic mass is 19.1. The number of carbonyl (C=O) groups is 2. The van der Waals surface area contributed by atoms with Crippen molar-refractivity contribution >= 4 is 11.9 Å². The van der Waals surface area contributed by atoms with E-state index in [9.17, 15) is 19.1 Å². The molecule has 1 aromatic carbocycles.